The number of carbonyl (C=O) groups excluding carboxylic acids is 1. The minimum absolute atomic E-state index is 0.0558. The molecular weight excluding hydrogens is 288 g/mol. The monoisotopic (exact) mass is 310 g/mol. The van der Waals surface area contributed by atoms with Crippen LogP contribution in [0.1, 0.15) is 32.6 Å². The van der Waals surface area contributed by atoms with Gasteiger partial charge in [0.1, 0.15) is 0 Å². The average Bonchev–Trinajstić information content (AvgIpc) is 2.48. The molecule has 0 aliphatic carbocycles. The summed E-state index contributed by atoms with van der Waals surface area (Å²) in [6, 6.07) is 5.65. The van der Waals surface area contributed by atoms with Crippen LogP contribution >= 0.6 is 11.6 Å². The summed E-state index contributed by atoms with van der Waals surface area (Å²) >= 11 is 6.07. The maximum absolute atomic E-state index is 12.0. The lowest BCUT2D eigenvalue weighted by Gasteiger charge is -2.30. The Balaban J connectivity index is 2.05. The summed E-state index contributed by atoms with van der Waals surface area (Å²) in [4.78, 5) is 14.3. The summed E-state index contributed by atoms with van der Waals surface area (Å²) in [6.07, 6.45) is 3.68. The molecule has 0 radical (unpaired) electrons. The lowest BCUT2D eigenvalue weighted by molar-refractivity contribution is -0.116. The zero-order valence-electron chi connectivity index (χ0n) is 12.5. The van der Waals surface area contributed by atoms with Gasteiger partial charge in [0.25, 0.3) is 0 Å². The van der Waals surface area contributed by atoms with Crippen molar-refractivity contribution < 1.29 is 9.53 Å². The number of hydrogen-bond acceptors (Lipinski definition) is 3. The van der Waals surface area contributed by atoms with Crippen molar-refractivity contribution in [2.75, 3.05) is 36.5 Å². The van der Waals surface area contributed by atoms with Gasteiger partial charge in [-0.05, 0) is 24.6 Å². The number of halogens is 1. The van der Waals surface area contributed by atoms with Gasteiger partial charge in [-0.15, -0.1) is 0 Å². The SMILES string of the molecule is CCCCCC(=O)Nc1cc(Cl)ccc1N1CCOCC1. The number of morpholine rings is 1. The predicted molar refractivity (Wildman–Crippen MR) is 87.3 cm³/mol. The zero-order chi connectivity index (χ0) is 15.1. The zero-order valence-corrected chi connectivity index (χ0v) is 13.3. The molecular formula is C16H23ClN2O2. The van der Waals surface area contributed by atoms with Crippen LogP contribution in [0.5, 0.6) is 0 Å². The number of amides is 1. The highest BCUT2D eigenvalue weighted by atomic mass is 35.5. The van der Waals surface area contributed by atoms with Crippen molar-refractivity contribution >= 4 is 28.9 Å². The Morgan fingerprint density at radius 2 is 2.10 bits per heavy atom. The fourth-order valence-corrected chi connectivity index (χ4v) is 2.61. The molecule has 2 rings (SSSR count). The molecule has 1 fully saturated rings. The number of hydrogen-bond donors (Lipinski definition) is 1. The third-order valence-corrected chi connectivity index (χ3v) is 3.83. The molecule has 1 saturated heterocycles. The van der Waals surface area contributed by atoms with E-state index in [0.717, 1.165) is 43.7 Å². The smallest absolute Gasteiger partial charge is 0.224 e. The van der Waals surface area contributed by atoms with Gasteiger partial charge in [0.05, 0.1) is 24.6 Å². The fraction of sp³-hybridized carbons (Fsp3) is 0.562. The van der Waals surface area contributed by atoms with Crippen LogP contribution in [-0.4, -0.2) is 32.2 Å². The van der Waals surface area contributed by atoms with Crippen LogP contribution in [0.2, 0.25) is 5.02 Å². The Kier molecular flexibility index (Phi) is 6.33. The molecule has 116 valence electrons. The summed E-state index contributed by atoms with van der Waals surface area (Å²) in [7, 11) is 0. The van der Waals surface area contributed by atoms with Crippen LogP contribution in [-0.2, 0) is 9.53 Å². The second-order valence-electron chi connectivity index (χ2n) is 5.27. The number of carbonyl (C=O) groups is 1. The minimum atomic E-state index is 0.0558. The van der Waals surface area contributed by atoms with E-state index in [9.17, 15) is 4.79 Å². The Morgan fingerprint density at radius 1 is 1.33 bits per heavy atom. The van der Waals surface area contributed by atoms with E-state index < -0.39 is 0 Å². The van der Waals surface area contributed by atoms with Gasteiger partial charge in [0.15, 0.2) is 0 Å². The summed E-state index contributed by atoms with van der Waals surface area (Å²) in [6.45, 7) is 5.23. The molecule has 21 heavy (non-hydrogen) atoms. The Labute approximate surface area is 131 Å². The van der Waals surface area contributed by atoms with Crippen LogP contribution in [0, 0.1) is 0 Å². The molecule has 0 saturated carbocycles. The highest BCUT2D eigenvalue weighted by Crippen LogP contribution is 2.30. The molecule has 1 aromatic rings. The number of rotatable bonds is 6. The number of anilines is 2. The molecule has 0 spiro atoms. The molecule has 0 atom stereocenters. The number of benzene rings is 1. The second-order valence-corrected chi connectivity index (χ2v) is 5.70. The van der Waals surface area contributed by atoms with Gasteiger partial charge in [0, 0.05) is 24.5 Å². The quantitative estimate of drug-likeness (QED) is 0.815. The molecule has 1 amide bonds. The van der Waals surface area contributed by atoms with E-state index >= 15 is 0 Å². The van der Waals surface area contributed by atoms with Gasteiger partial charge in [-0.25, -0.2) is 0 Å². The lowest BCUT2D eigenvalue weighted by atomic mass is 10.2. The number of ether oxygens (including phenoxy) is 1. The van der Waals surface area contributed by atoms with Crippen LogP contribution in [0.25, 0.3) is 0 Å². The van der Waals surface area contributed by atoms with Crippen LogP contribution in [0.3, 0.4) is 0 Å². The molecule has 4 nitrogen and oxygen atoms in total. The highest BCUT2D eigenvalue weighted by Gasteiger charge is 2.16. The first kappa shape index (κ1) is 16.1. The van der Waals surface area contributed by atoms with E-state index in [2.05, 4.69) is 17.1 Å². The van der Waals surface area contributed by atoms with E-state index in [1.165, 1.54) is 0 Å². The first-order valence-corrected chi connectivity index (χ1v) is 8.00. The molecule has 1 aliphatic rings. The van der Waals surface area contributed by atoms with Crippen molar-refractivity contribution in [2.24, 2.45) is 0 Å². The molecule has 0 unspecified atom stereocenters. The van der Waals surface area contributed by atoms with Crippen molar-refractivity contribution in [3.8, 4) is 0 Å². The number of unbranched alkanes of at least 4 members (excludes halogenated alkanes) is 2. The van der Waals surface area contributed by atoms with Gasteiger partial charge in [-0.1, -0.05) is 31.4 Å². The summed E-state index contributed by atoms with van der Waals surface area (Å²) in [5, 5.41) is 3.64. The van der Waals surface area contributed by atoms with Gasteiger partial charge in [-0.2, -0.15) is 0 Å². The van der Waals surface area contributed by atoms with Gasteiger partial charge in [-0.3, -0.25) is 4.79 Å². The first-order chi connectivity index (χ1) is 10.2. The summed E-state index contributed by atoms with van der Waals surface area (Å²) in [5.74, 6) is 0.0558. The maximum Gasteiger partial charge on any atom is 0.224 e. The van der Waals surface area contributed by atoms with E-state index in [4.69, 9.17) is 16.3 Å². The Hall–Kier alpha value is -1.26. The molecule has 1 N–H and O–H groups in total. The second kappa shape index (κ2) is 8.25. The predicted octanol–water partition coefficient (Wildman–Crippen LogP) is 3.70. The van der Waals surface area contributed by atoms with Crippen molar-refractivity contribution in [1.82, 2.24) is 0 Å². The Bertz CT molecular complexity index is 473. The third-order valence-electron chi connectivity index (χ3n) is 3.59. The van der Waals surface area contributed by atoms with Crippen molar-refractivity contribution in [2.45, 2.75) is 32.6 Å². The first-order valence-electron chi connectivity index (χ1n) is 7.63. The van der Waals surface area contributed by atoms with E-state index in [1.807, 2.05) is 18.2 Å². The minimum Gasteiger partial charge on any atom is -0.378 e. The van der Waals surface area contributed by atoms with Crippen LogP contribution in [0.4, 0.5) is 11.4 Å². The number of nitrogens with one attached hydrogen (secondary N) is 1. The molecule has 1 aliphatic heterocycles. The van der Waals surface area contributed by atoms with Crippen LogP contribution in [0.15, 0.2) is 18.2 Å². The summed E-state index contributed by atoms with van der Waals surface area (Å²) in [5.41, 5.74) is 1.82. The lowest BCUT2D eigenvalue weighted by Crippen LogP contribution is -2.36. The molecule has 1 aromatic carbocycles. The largest absolute Gasteiger partial charge is 0.378 e. The van der Waals surface area contributed by atoms with Crippen molar-refractivity contribution in [3.63, 3.8) is 0 Å². The fourth-order valence-electron chi connectivity index (χ4n) is 2.44. The molecule has 5 heteroatoms. The van der Waals surface area contributed by atoms with Crippen LogP contribution < -0.4 is 10.2 Å². The van der Waals surface area contributed by atoms with Gasteiger partial charge < -0.3 is 15.0 Å². The average molecular weight is 311 g/mol. The number of nitrogens with zero attached hydrogens (tertiary/aromatic N) is 1. The molecule has 0 aromatic heterocycles. The van der Waals surface area contributed by atoms with Gasteiger partial charge in [0.2, 0.25) is 5.91 Å². The van der Waals surface area contributed by atoms with Crippen molar-refractivity contribution in [1.29, 1.82) is 0 Å². The van der Waals surface area contributed by atoms with E-state index in [-0.39, 0.29) is 5.91 Å². The van der Waals surface area contributed by atoms with Gasteiger partial charge >= 0.3 is 0 Å². The highest BCUT2D eigenvalue weighted by molar-refractivity contribution is 6.31. The normalized spacial score (nSPS) is 15.0. The third kappa shape index (κ3) is 4.90. The molecule has 1 heterocycles. The molecule has 0 bridgehead atoms. The summed E-state index contributed by atoms with van der Waals surface area (Å²) < 4.78 is 5.38. The standard InChI is InChI=1S/C16H23ClN2O2/c1-2-3-4-5-16(20)18-14-12-13(17)6-7-15(14)19-8-10-21-11-9-19/h6-7,12H,2-5,8-11H2,1H3,(H,18,20). The van der Waals surface area contributed by atoms with E-state index in [0.29, 0.717) is 24.7 Å². The van der Waals surface area contributed by atoms with E-state index in [1.54, 1.807) is 0 Å². The topological polar surface area (TPSA) is 41.6 Å². The van der Waals surface area contributed by atoms with Crippen molar-refractivity contribution in [3.05, 3.63) is 23.2 Å². The maximum atomic E-state index is 12.0. The Morgan fingerprint density at radius 3 is 2.81 bits per heavy atom.